The second-order valence-corrected chi connectivity index (χ2v) is 1.84. The van der Waals surface area contributed by atoms with Gasteiger partial charge in [-0.15, -0.1) is 0 Å². The summed E-state index contributed by atoms with van der Waals surface area (Å²) in [5.74, 6) is -0.361. The van der Waals surface area contributed by atoms with E-state index in [0.717, 1.165) is 0 Å². The Morgan fingerprint density at radius 3 is 2.70 bits per heavy atom. The van der Waals surface area contributed by atoms with Crippen LogP contribution in [0.2, 0.25) is 0 Å². The quantitative estimate of drug-likeness (QED) is 0.352. The molecule has 0 bridgehead atoms. The first-order valence-corrected chi connectivity index (χ1v) is 3.23. The molecule has 0 heterocycles. The summed E-state index contributed by atoms with van der Waals surface area (Å²) in [6, 6.07) is 0. The molecule has 4 heteroatoms. The third-order valence-corrected chi connectivity index (χ3v) is 1.02. The number of ether oxygens (including phenoxy) is 1. The van der Waals surface area contributed by atoms with Crippen LogP contribution in [0.15, 0.2) is 0 Å². The van der Waals surface area contributed by atoms with Crippen molar-refractivity contribution in [1.82, 2.24) is 5.06 Å². The molecule has 0 saturated carbocycles. The lowest BCUT2D eigenvalue weighted by atomic mass is 10.6. The highest BCUT2D eigenvalue weighted by atomic mass is 16.5. The van der Waals surface area contributed by atoms with Crippen molar-refractivity contribution < 1.29 is 14.7 Å². The van der Waals surface area contributed by atoms with Gasteiger partial charge in [0.1, 0.15) is 0 Å². The molecule has 60 valence electrons. The van der Waals surface area contributed by atoms with Gasteiger partial charge in [0.2, 0.25) is 5.91 Å². The van der Waals surface area contributed by atoms with E-state index in [1.54, 1.807) is 0 Å². The summed E-state index contributed by atoms with van der Waals surface area (Å²) >= 11 is 0. The molecular weight excluding hydrogens is 134 g/mol. The zero-order valence-corrected chi connectivity index (χ0v) is 6.33. The molecule has 0 aliphatic heterocycles. The SMILES string of the molecule is CCOCCN(O)C(C)=O. The van der Waals surface area contributed by atoms with Crippen LogP contribution in [-0.2, 0) is 9.53 Å². The van der Waals surface area contributed by atoms with Gasteiger partial charge >= 0.3 is 0 Å². The summed E-state index contributed by atoms with van der Waals surface area (Å²) in [5.41, 5.74) is 0. The number of amides is 1. The molecule has 0 aliphatic rings. The normalized spacial score (nSPS) is 9.50. The maximum absolute atomic E-state index is 10.4. The number of hydroxylamine groups is 2. The molecule has 0 atom stereocenters. The molecule has 0 aromatic carbocycles. The Kier molecular flexibility index (Phi) is 4.88. The minimum atomic E-state index is -0.361. The van der Waals surface area contributed by atoms with Gasteiger partial charge < -0.3 is 4.74 Å². The van der Waals surface area contributed by atoms with Gasteiger partial charge in [0.25, 0.3) is 0 Å². The van der Waals surface area contributed by atoms with E-state index >= 15 is 0 Å². The van der Waals surface area contributed by atoms with Gasteiger partial charge in [-0.3, -0.25) is 10.0 Å². The second kappa shape index (κ2) is 5.20. The molecule has 10 heavy (non-hydrogen) atoms. The molecule has 0 unspecified atom stereocenters. The molecule has 0 saturated heterocycles. The highest BCUT2D eigenvalue weighted by Gasteiger charge is 2.01. The van der Waals surface area contributed by atoms with Gasteiger partial charge in [-0.25, -0.2) is 5.06 Å². The fourth-order valence-corrected chi connectivity index (χ4v) is 0.453. The van der Waals surface area contributed by atoms with Crippen molar-refractivity contribution in [1.29, 1.82) is 0 Å². The van der Waals surface area contributed by atoms with Crippen molar-refractivity contribution in [3.63, 3.8) is 0 Å². The van der Waals surface area contributed by atoms with Crippen molar-refractivity contribution >= 4 is 5.91 Å². The van der Waals surface area contributed by atoms with Crippen LogP contribution >= 0.6 is 0 Å². The Hall–Kier alpha value is -0.610. The molecule has 4 nitrogen and oxygen atoms in total. The predicted molar refractivity (Wildman–Crippen MR) is 35.7 cm³/mol. The molecule has 0 aliphatic carbocycles. The first kappa shape index (κ1) is 9.39. The van der Waals surface area contributed by atoms with Gasteiger partial charge in [-0.05, 0) is 6.92 Å². The molecule has 0 spiro atoms. The zero-order valence-electron chi connectivity index (χ0n) is 6.33. The van der Waals surface area contributed by atoms with Crippen LogP contribution in [0.1, 0.15) is 13.8 Å². The van der Waals surface area contributed by atoms with Gasteiger partial charge in [0.15, 0.2) is 0 Å². The topological polar surface area (TPSA) is 49.8 Å². The van der Waals surface area contributed by atoms with E-state index in [1.165, 1.54) is 6.92 Å². The van der Waals surface area contributed by atoms with Crippen LogP contribution < -0.4 is 0 Å². The van der Waals surface area contributed by atoms with E-state index in [-0.39, 0.29) is 12.5 Å². The first-order valence-electron chi connectivity index (χ1n) is 3.23. The van der Waals surface area contributed by atoms with Gasteiger partial charge in [0.05, 0.1) is 13.2 Å². The highest BCUT2D eigenvalue weighted by Crippen LogP contribution is 1.82. The fourth-order valence-electron chi connectivity index (χ4n) is 0.453. The number of hydrogen-bond acceptors (Lipinski definition) is 3. The number of rotatable bonds is 4. The minimum Gasteiger partial charge on any atom is -0.380 e. The standard InChI is InChI=1S/C6H13NO3/c1-3-10-5-4-7(9)6(2)8/h9H,3-5H2,1-2H3. The van der Waals surface area contributed by atoms with E-state index in [9.17, 15) is 4.79 Å². The van der Waals surface area contributed by atoms with Crippen molar-refractivity contribution in [2.45, 2.75) is 13.8 Å². The van der Waals surface area contributed by atoms with Crippen LogP contribution in [-0.4, -0.2) is 35.9 Å². The first-order chi connectivity index (χ1) is 4.68. The number of nitrogens with zero attached hydrogens (tertiary/aromatic N) is 1. The second-order valence-electron chi connectivity index (χ2n) is 1.84. The predicted octanol–water partition coefficient (Wildman–Crippen LogP) is 0.261. The Morgan fingerprint density at radius 2 is 2.30 bits per heavy atom. The molecule has 0 aromatic rings. The average molecular weight is 147 g/mol. The summed E-state index contributed by atoms with van der Waals surface area (Å²) < 4.78 is 4.90. The average Bonchev–Trinajstić information content (AvgIpc) is 1.88. The Labute approximate surface area is 60.3 Å². The summed E-state index contributed by atoms with van der Waals surface area (Å²) in [6.07, 6.45) is 0. The molecule has 1 amide bonds. The highest BCUT2D eigenvalue weighted by molar-refractivity contribution is 5.71. The van der Waals surface area contributed by atoms with Crippen LogP contribution in [0.25, 0.3) is 0 Å². The van der Waals surface area contributed by atoms with E-state index in [4.69, 9.17) is 9.94 Å². The van der Waals surface area contributed by atoms with E-state index in [0.29, 0.717) is 18.3 Å². The Bertz CT molecular complexity index is 105. The van der Waals surface area contributed by atoms with Crippen molar-refractivity contribution in [3.8, 4) is 0 Å². The third-order valence-electron chi connectivity index (χ3n) is 1.02. The summed E-state index contributed by atoms with van der Waals surface area (Å²) in [7, 11) is 0. The van der Waals surface area contributed by atoms with Crippen LogP contribution in [0.5, 0.6) is 0 Å². The third kappa shape index (κ3) is 4.29. The number of carbonyl (C=O) groups is 1. The van der Waals surface area contributed by atoms with Gasteiger partial charge in [0, 0.05) is 13.5 Å². The molecule has 1 N–H and O–H groups in total. The maximum Gasteiger partial charge on any atom is 0.242 e. The largest absolute Gasteiger partial charge is 0.380 e. The Balaban J connectivity index is 3.21. The van der Waals surface area contributed by atoms with Crippen molar-refractivity contribution in [3.05, 3.63) is 0 Å². The van der Waals surface area contributed by atoms with E-state index in [1.807, 2.05) is 6.92 Å². The van der Waals surface area contributed by atoms with Crippen LogP contribution in [0, 0.1) is 0 Å². The van der Waals surface area contributed by atoms with Crippen LogP contribution in [0.3, 0.4) is 0 Å². The van der Waals surface area contributed by atoms with E-state index < -0.39 is 0 Å². The lowest BCUT2D eigenvalue weighted by Gasteiger charge is -2.11. The maximum atomic E-state index is 10.4. The van der Waals surface area contributed by atoms with Gasteiger partial charge in [-0.2, -0.15) is 0 Å². The summed E-state index contributed by atoms with van der Waals surface area (Å²) in [4.78, 5) is 10.4. The molecular formula is C6H13NO3. The van der Waals surface area contributed by atoms with Crippen LogP contribution in [0.4, 0.5) is 0 Å². The fraction of sp³-hybridized carbons (Fsp3) is 0.833. The lowest BCUT2D eigenvalue weighted by molar-refractivity contribution is -0.165. The van der Waals surface area contributed by atoms with E-state index in [2.05, 4.69) is 0 Å². The zero-order chi connectivity index (χ0) is 7.98. The summed E-state index contributed by atoms with van der Waals surface area (Å²) in [5, 5.41) is 9.39. The van der Waals surface area contributed by atoms with Crippen molar-refractivity contribution in [2.24, 2.45) is 0 Å². The Morgan fingerprint density at radius 1 is 1.70 bits per heavy atom. The minimum absolute atomic E-state index is 0.239. The molecule has 0 fully saturated rings. The number of hydrogen-bond donors (Lipinski definition) is 1. The molecule has 0 aromatic heterocycles. The van der Waals surface area contributed by atoms with Crippen molar-refractivity contribution in [2.75, 3.05) is 19.8 Å². The summed E-state index contributed by atoms with van der Waals surface area (Å²) in [6.45, 7) is 4.38. The monoisotopic (exact) mass is 147 g/mol. The lowest BCUT2D eigenvalue weighted by Crippen LogP contribution is -2.28. The smallest absolute Gasteiger partial charge is 0.242 e. The molecule has 0 radical (unpaired) electrons. The van der Waals surface area contributed by atoms with Gasteiger partial charge in [-0.1, -0.05) is 0 Å². The number of carbonyl (C=O) groups excluding carboxylic acids is 1. The molecule has 0 rings (SSSR count).